The van der Waals surface area contributed by atoms with Crippen LogP contribution < -0.4 is 21.3 Å². The molecule has 1 aliphatic rings. The third-order valence-corrected chi connectivity index (χ3v) is 4.95. The van der Waals surface area contributed by atoms with Crippen LogP contribution in [-0.4, -0.2) is 79.7 Å². The van der Waals surface area contributed by atoms with Crippen molar-refractivity contribution >= 4 is 29.3 Å². The van der Waals surface area contributed by atoms with E-state index in [2.05, 4.69) is 25.5 Å². The van der Waals surface area contributed by atoms with Crippen LogP contribution in [-0.2, 0) is 9.53 Å². The first-order valence-electron chi connectivity index (χ1n) is 10.3. The van der Waals surface area contributed by atoms with E-state index >= 15 is 0 Å². The SMILES string of the molecule is COCCCNC(=O)CN1CCN(c2ncc(C(=O)Nc3ccccc3)c(N)n2)CC1. The molecular formula is C21H29N7O3. The van der Waals surface area contributed by atoms with E-state index in [1.54, 1.807) is 19.2 Å². The van der Waals surface area contributed by atoms with Gasteiger partial charge in [-0.2, -0.15) is 4.98 Å². The zero-order chi connectivity index (χ0) is 22.1. The van der Waals surface area contributed by atoms with Gasteiger partial charge in [-0.1, -0.05) is 18.2 Å². The van der Waals surface area contributed by atoms with Gasteiger partial charge in [0.15, 0.2) is 0 Å². The highest BCUT2D eigenvalue weighted by Crippen LogP contribution is 2.17. The highest BCUT2D eigenvalue weighted by molar-refractivity contribution is 6.07. The van der Waals surface area contributed by atoms with Crippen molar-refractivity contribution < 1.29 is 14.3 Å². The van der Waals surface area contributed by atoms with Crippen molar-refractivity contribution in [3.05, 3.63) is 42.1 Å². The maximum atomic E-state index is 12.4. The molecule has 1 saturated heterocycles. The number of methoxy groups -OCH3 is 1. The van der Waals surface area contributed by atoms with Crippen LogP contribution in [0.5, 0.6) is 0 Å². The molecular weight excluding hydrogens is 398 g/mol. The number of nitrogens with one attached hydrogen (secondary N) is 2. The van der Waals surface area contributed by atoms with E-state index in [9.17, 15) is 9.59 Å². The molecule has 0 spiro atoms. The van der Waals surface area contributed by atoms with Gasteiger partial charge < -0.3 is 26.0 Å². The summed E-state index contributed by atoms with van der Waals surface area (Å²) in [5, 5.41) is 5.68. The molecule has 0 bridgehead atoms. The monoisotopic (exact) mass is 427 g/mol. The molecule has 10 heteroatoms. The quantitative estimate of drug-likeness (QED) is 0.497. The Morgan fingerprint density at radius 2 is 1.90 bits per heavy atom. The summed E-state index contributed by atoms with van der Waals surface area (Å²) in [4.78, 5) is 37.2. The summed E-state index contributed by atoms with van der Waals surface area (Å²) >= 11 is 0. The smallest absolute Gasteiger partial charge is 0.260 e. The molecule has 2 aromatic rings. The fourth-order valence-corrected chi connectivity index (χ4v) is 3.24. The van der Waals surface area contributed by atoms with Crippen molar-refractivity contribution in [2.24, 2.45) is 0 Å². The summed E-state index contributed by atoms with van der Waals surface area (Å²) < 4.78 is 4.97. The first kappa shape index (κ1) is 22.4. The Hall–Kier alpha value is -3.24. The van der Waals surface area contributed by atoms with E-state index in [0.29, 0.717) is 57.5 Å². The summed E-state index contributed by atoms with van der Waals surface area (Å²) in [6, 6.07) is 9.13. The highest BCUT2D eigenvalue weighted by atomic mass is 16.5. The number of hydrogen-bond acceptors (Lipinski definition) is 8. The van der Waals surface area contributed by atoms with Crippen LogP contribution in [0.2, 0.25) is 0 Å². The standard InChI is InChI=1S/C21H29N7O3/c1-31-13-5-8-23-18(29)15-27-9-11-28(12-10-27)21-24-14-17(19(22)26-21)20(30)25-16-6-3-2-4-7-16/h2-4,6-7,14H,5,8-13,15H2,1H3,(H,23,29)(H,25,30)(H2,22,24,26). The van der Waals surface area contributed by atoms with Gasteiger partial charge in [0.25, 0.3) is 5.91 Å². The van der Waals surface area contributed by atoms with Crippen LogP contribution in [0.3, 0.4) is 0 Å². The predicted molar refractivity (Wildman–Crippen MR) is 119 cm³/mol. The van der Waals surface area contributed by atoms with Gasteiger partial charge in [-0.15, -0.1) is 0 Å². The molecule has 10 nitrogen and oxygen atoms in total. The molecule has 3 rings (SSSR count). The van der Waals surface area contributed by atoms with Crippen molar-refractivity contribution in [3.63, 3.8) is 0 Å². The molecule has 1 aliphatic heterocycles. The maximum Gasteiger partial charge on any atom is 0.260 e. The Morgan fingerprint density at radius 3 is 2.58 bits per heavy atom. The number of benzene rings is 1. The van der Waals surface area contributed by atoms with Gasteiger partial charge in [-0.25, -0.2) is 4.98 Å². The normalized spacial score (nSPS) is 14.3. The maximum absolute atomic E-state index is 12.4. The molecule has 2 heterocycles. The van der Waals surface area contributed by atoms with Crippen LogP contribution in [0.15, 0.2) is 36.5 Å². The first-order chi connectivity index (χ1) is 15.1. The summed E-state index contributed by atoms with van der Waals surface area (Å²) in [6.45, 7) is 4.38. The number of aromatic nitrogens is 2. The van der Waals surface area contributed by atoms with E-state index in [0.717, 1.165) is 6.42 Å². The largest absolute Gasteiger partial charge is 0.385 e. The number of piperazine rings is 1. The molecule has 1 aromatic carbocycles. The molecule has 4 N–H and O–H groups in total. The lowest BCUT2D eigenvalue weighted by Crippen LogP contribution is -2.50. The number of para-hydroxylation sites is 1. The Balaban J connectivity index is 1.49. The average molecular weight is 428 g/mol. The lowest BCUT2D eigenvalue weighted by molar-refractivity contribution is -0.122. The molecule has 0 saturated carbocycles. The van der Waals surface area contributed by atoms with Gasteiger partial charge in [-0.3, -0.25) is 14.5 Å². The van der Waals surface area contributed by atoms with Crippen LogP contribution >= 0.6 is 0 Å². The molecule has 0 unspecified atom stereocenters. The topological polar surface area (TPSA) is 126 Å². The molecule has 0 aliphatic carbocycles. The van der Waals surface area contributed by atoms with Crippen molar-refractivity contribution in [1.29, 1.82) is 0 Å². The number of hydrogen-bond donors (Lipinski definition) is 3. The molecule has 1 aromatic heterocycles. The van der Waals surface area contributed by atoms with E-state index < -0.39 is 0 Å². The van der Waals surface area contributed by atoms with E-state index in [1.807, 2.05) is 23.1 Å². The van der Waals surface area contributed by atoms with Crippen molar-refractivity contribution in [2.75, 3.05) is 68.9 Å². The summed E-state index contributed by atoms with van der Waals surface area (Å²) in [6.07, 6.45) is 2.25. The van der Waals surface area contributed by atoms with Gasteiger partial charge in [-0.05, 0) is 18.6 Å². The summed E-state index contributed by atoms with van der Waals surface area (Å²) in [5.74, 6) is 0.282. The Labute approximate surface area is 181 Å². The zero-order valence-corrected chi connectivity index (χ0v) is 17.7. The molecule has 0 atom stereocenters. The van der Waals surface area contributed by atoms with Crippen LogP contribution in [0.4, 0.5) is 17.5 Å². The van der Waals surface area contributed by atoms with E-state index in [-0.39, 0.29) is 23.2 Å². The number of ether oxygens (including phenoxy) is 1. The molecule has 1 fully saturated rings. The number of carbonyl (C=O) groups is 2. The first-order valence-corrected chi connectivity index (χ1v) is 10.3. The minimum atomic E-state index is -0.350. The predicted octanol–water partition coefficient (Wildman–Crippen LogP) is 0.586. The number of rotatable bonds is 9. The number of amides is 2. The molecule has 0 radical (unpaired) electrons. The average Bonchev–Trinajstić information content (AvgIpc) is 2.78. The second-order valence-corrected chi connectivity index (χ2v) is 7.25. The minimum absolute atomic E-state index is 0.0128. The van der Waals surface area contributed by atoms with Gasteiger partial charge in [0, 0.05) is 58.3 Å². The minimum Gasteiger partial charge on any atom is -0.385 e. The Morgan fingerprint density at radius 1 is 1.16 bits per heavy atom. The van der Waals surface area contributed by atoms with Crippen LogP contribution in [0.1, 0.15) is 16.8 Å². The molecule has 166 valence electrons. The number of carbonyl (C=O) groups excluding carboxylic acids is 2. The number of anilines is 3. The van der Waals surface area contributed by atoms with Gasteiger partial charge in [0.1, 0.15) is 11.4 Å². The Kier molecular flexibility index (Phi) is 8.13. The van der Waals surface area contributed by atoms with E-state index in [1.165, 1.54) is 6.20 Å². The summed E-state index contributed by atoms with van der Waals surface area (Å²) in [7, 11) is 1.64. The fraction of sp³-hybridized carbons (Fsp3) is 0.429. The lowest BCUT2D eigenvalue weighted by atomic mass is 10.2. The van der Waals surface area contributed by atoms with Crippen molar-refractivity contribution in [2.45, 2.75) is 6.42 Å². The Bertz CT molecular complexity index is 871. The van der Waals surface area contributed by atoms with Crippen LogP contribution in [0, 0.1) is 0 Å². The number of nitrogens with two attached hydrogens (primary N) is 1. The van der Waals surface area contributed by atoms with Crippen LogP contribution in [0.25, 0.3) is 0 Å². The second-order valence-electron chi connectivity index (χ2n) is 7.25. The molecule has 31 heavy (non-hydrogen) atoms. The number of nitrogen functional groups attached to an aromatic ring is 1. The summed E-state index contributed by atoms with van der Waals surface area (Å²) in [5.41, 5.74) is 6.94. The van der Waals surface area contributed by atoms with Gasteiger partial charge in [0.05, 0.1) is 6.54 Å². The van der Waals surface area contributed by atoms with E-state index in [4.69, 9.17) is 10.5 Å². The molecule has 2 amide bonds. The third-order valence-electron chi connectivity index (χ3n) is 4.95. The third kappa shape index (κ3) is 6.63. The second kappa shape index (κ2) is 11.2. The lowest BCUT2D eigenvalue weighted by Gasteiger charge is -2.34. The zero-order valence-electron chi connectivity index (χ0n) is 17.7. The fourth-order valence-electron chi connectivity index (χ4n) is 3.24. The van der Waals surface area contributed by atoms with Gasteiger partial charge in [0.2, 0.25) is 11.9 Å². The van der Waals surface area contributed by atoms with Gasteiger partial charge >= 0.3 is 0 Å². The van der Waals surface area contributed by atoms with Crippen molar-refractivity contribution in [3.8, 4) is 0 Å². The van der Waals surface area contributed by atoms with Crippen molar-refractivity contribution in [1.82, 2.24) is 20.2 Å². The number of nitrogens with zero attached hydrogens (tertiary/aromatic N) is 4. The highest BCUT2D eigenvalue weighted by Gasteiger charge is 2.22.